The van der Waals surface area contributed by atoms with Crippen molar-refractivity contribution in [3.63, 3.8) is 0 Å². The fraction of sp³-hybridized carbons (Fsp3) is 0.250. The Morgan fingerprint density at radius 1 is 1.35 bits per heavy atom. The summed E-state index contributed by atoms with van der Waals surface area (Å²) in [7, 11) is 0. The maximum atomic E-state index is 12.1. The van der Waals surface area contributed by atoms with Gasteiger partial charge in [-0.05, 0) is 47.4 Å². The Balaban J connectivity index is 2.38. The van der Waals surface area contributed by atoms with Gasteiger partial charge in [-0.1, -0.05) is 12.1 Å². The Morgan fingerprint density at radius 2 is 2.12 bits per heavy atom. The van der Waals surface area contributed by atoms with Gasteiger partial charge in [0.25, 0.3) is 5.56 Å². The third-order valence-electron chi connectivity index (χ3n) is 2.59. The van der Waals surface area contributed by atoms with Crippen molar-refractivity contribution in [1.82, 2.24) is 9.78 Å². The molecule has 0 saturated carbocycles. The third kappa shape index (κ3) is 2.50. The van der Waals surface area contributed by atoms with E-state index in [0.29, 0.717) is 13.0 Å². The van der Waals surface area contributed by atoms with E-state index < -0.39 is 0 Å². The Bertz CT molecular complexity index is 559. The molecule has 90 valence electrons. The standard InChI is InChI=1S/C12H14BrN3O/c13-10-5-1-2-6-11(10)16-12(17)9(8-15-16)4-3-7-14/h1-2,5-6,8,15H,3-4,7,14H2. The summed E-state index contributed by atoms with van der Waals surface area (Å²) in [4.78, 5) is 12.1. The zero-order chi connectivity index (χ0) is 12.3. The molecule has 0 aliphatic rings. The molecule has 4 nitrogen and oxygen atoms in total. The highest BCUT2D eigenvalue weighted by molar-refractivity contribution is 9.10. The van der Waals surface area contributed by atoms with Crippen LogP contribution in [-0.4, -0.2) is 16.3 Å². The van der Waals surface area contributed by atoms with Gasteiger partial charge in [0.15, 0.2) is 0 Å². The zero-order valence-corrected chi connectivity index (χ0v) is 10.9. The number of aromatic amines is 1. The molecule has 0 aliphatic carbocycles. The summed E-state index contributed by atoms with van der Waals surface area (Å²) in [5.74, 6) is 0. The highest BCUT2D eigenvalue weighted by Gasteiger charge is 2.09. The number of nitrogens with two attached hydrogens (primary N) is 1. The molecule has 17 heavy (non-hydrogen) atoms. The molecular weight excluding hydrogens is 282 g/mol. The lowest BCUT2D eigenvalue weighted by Crippen LogP contribution is -2.18. The number of rotatable bonds is 4. The monoisotopic (exact) mass is 295 g/mol. The molecule has 0 bridgehead atoms. The van der Waals surface area contributed by atoms with E-state index in [1.165, 1.54) is 4.68 Å². The molecule has 0 atom stereocenters. The molecule has 0 unspecified atom stereocenters. The van der Waals surface area contributed by atoms with E-state index in [0.717, 1.165) is 22.1 Å². The predicted octanol–water partition coefficient (Wildman–Crippen LogP) is 1.82. The van der Waals surface area contributed by atoms with Crippen LogP contribution in [0, 0.1) is 0 Å². The number of hydrogen-bond donors (Lipinski definition) is 2. The van der Waals surface area contributed by atoms with Crippen LogP contribution < -0.4 is 11.3 Å². The lowest BCUT2D eigenvalue weighted by molar-refractivity contribution is 0.815. The van der Waals surface area contributed by atoms with Crippen molar-refractivity contribution in [3.8, 4) is 5.69 Å². The fourth-order valence-corrected chi connectivity index (χ4v) is 2.15. The summed E-state index contributed by atoms with van der Waals surface area (Å²) in [6.45, 7) is 0.597. The second-order valence-corrected chi connectivity index (χ2v) is 4.64. The Hall–Kier alpha value is -1.33. The highest BCUT2D eigenvalue weighted by Crippen LogP contribution is 2.18. The van der Waals surface area contributed by atoms with Crippen molar-refractivity contribution in [1.29, 1.82) is 0 Å². The number of nitrogens with zero attached hydrogens (tertiary/aromatic N) is 1. The van der Waals surface area contributed by atoms with Crippen LogP contribution in [0.2, 0.25) is 0 Å². The van der Waals surface area contributed by atoms with Crippen molar-refractivity contribution < 1.29 is 0 Å². The molecule has 0 spiro atoms. The Labute approximate surface area is 108 Å². The molecular formula is C12H14BrN3O. The van der Waals surface area contributed by atoms with Crippen molar-refractivity contribution in [3.05, 3.63) is 50.9 Å². The largest absolute Gasteiger partial charge is 0.330 e. The SMILES string of the molecule is NCCCc1c[nH]n(-c2ccccc2Br)c1=O. The number of hydrogen-bond acceptors (Lipinski definition) is 2. The van der Waals surface area contributed by atoms with Crippen LogP contribution in [-0.2, 0) is 6.42 Å². The Kier molecular flexibility index (Phi) is 3.81. The van der Waals surface area contributed by atoms with Gasteiger partial charge >= 0.3 is 0 Å². The van der Waals surface area contributed by atoms with Crippen LogP contribution in [0.15, 0.2) is 39.7 Å². The smallest absolute Gasteiger partial charge is 0.274 e. The minimum absolute atomic E-state index is 0.00894. The summed E-state index contributed by atoms with van der Waals surface area (Å²) in [5.41, 5.74) is 7.02. The number of aromatic nitrogens is 2. The third-order valence-corrected chi connectivity index (χ3v) is 3.26. The topological polar surface area (TPSA) is 63.8 Å². The molecule has 2 aromatic rings. The summed E-state index contributed by atoms with van der Waals surface area (Å²) in [6.07, 6.45) is 3.28. The van der Waals surface area contributed by atoms with Crippen LogP contribution in [0.25, 0.3) is 5.69 Å². The van der Waals surface area contributed by atoms with Crippen LogP contribution in [0.4, 0.5) is 0 Å². The van der Waals surface area contributed by atoms with Gasteiger partial charge in [-0.25, -0.2) is 4.68 Å². The fourth-order valence-electron chi connectivity index (χ4n) is 1.69. The van der Waals surface area contributed by atoms with Gasteiger partial charge in [0, 0.05) is 16.2 Å². The molecule has 0 aliphatic heterocycles. The molecule has 1 aromatic carbocycles. The second kappa shape index (κ2) is 5.33. The van der Waals surface area contributed by atoms with Crippen molar-refractivity contribution >= 4 is 15.9 Å². The second-order valence-electron chi connectivity index (χ2n) is 3.78. The normalized spacial score (nSPS) is 10.7. The van der Waals surface area contributed by atoms with Gasteiger partial charge in [0.1, 0.15) is 0 Å². The first-order chi connectivity index (χ1) is 8.24. The lowest BCUT2D eigenvalue weighted by Gasteiger charge is -2.03. The average Bonchev–Trinajstić information content (AvgIpc) is 2.69. The van der Waals surface area contributed by atoms with Crippen LogP contribution in [0.1, 0.15) is 12.0 Å². The van der Waals surface area contributed by atoms with E-state index in [2.05, 4.69) is 21.0 Å². The highest BCUT2D eigenvalue weighted by atomic mass is 79.9. The molecule has 5 heteroatoms. The summed E-state index contributed by atoms with van der Waals surface area (Å²) < 4.78 is 2.42. The quantitative estimate of drug-likeness (QED) is 0.904. The van der Waals surface area contributed by atoms with Gasteiger partial charge < -0.3 is 5.73 Å². The first-order valence-electron chi connectivity index (χ1n) is 5.48. The van der Waals surface area contributed by atoms with Gasteiger partial charge in [-0.3, -0.25) is 9.89 Å². The molecule has 1 heterocycles. The summed E-state index contributed by atoms with van der Waals surface area (Å²) >= 11 is 3.43. The molecule has 0 saturated heterocycles. The van der Waals surface area contributed by atoms with Crippen molar-refractivity contribution in [2.45, 2.75) is 12.8 Å². The number of halogens is 1. The number of H-pyrrole nitrogens is 1. The van der Waals surface area contributed by atoms with Crippen LogP contribution in [0.5, 0.6) is 0 Å². The van der Waals surface area contributed by atoms with E-state index in [9.17, 15) is 4.79 Å². The lowest BCUT2D eigenvalue weighted by atomic mass is 10.2. The summed E-state index contributed by atoms with van der Waals surface area (Å²) in [5, 5.41) is 2.97. The first-order valence-corrected chi connectivity index (χ1v) is 6.27. The Morgan fingerprint density at radius 3 is 2.82 bits per heavy atom. The van der Waals surface area contributed by atoms with Crippen molar-refractivity contribution in [2.75, 3.05) is 6.54 Å². The van der Waals surface area contributed by atoms with Gasteiger partial charge in [0.2, 0.25) is 0 Å². The average molecular weight is 296 g/mol. The van der Waals surface area contributed by atoms with Gasteiger partial charge in [-0.15, -0.1) is 0 Å². The molecule has 0 radical (unpaired) electrons. The summed E-state index contributed by atoms with van der Waals surface area (Å²) in [6, 6.07) is 7.60. The molecule has 3 N–H and O–H groups in total. The minimum Gasteiger partial charge on any atom is -0.330 e. The number of benzene rings is 1. The van der Waals surface area contributed by atoms with Crippen LogP contribution >= 0.6 is 15.9 Å². The van der Waals surface area contributed by atoms with Gasteiger partial charge in [0.05, 0.1) is 5.69 Å². The first kappa shape index (κ1) is 12.1. The molecule has 1 aromatic heterocycles. The predicted molar refractivity (Wildman–Crippen MR) is 71.5 cm³/mol. The van der Waals surface area contributed by atoms with E-state index in [1.807, 2.05) is 24.3 Å². The molecule has 2 rings (SSSR count). The van der Waals surface area contributed by atoms with E-state index in [-0.39, 0.29) is 5.56 Å². The van der Waals surface area contributed by atoms with E-state index in [4.69, 9.17) is 5.73 Å². The number of para-hydroxylation sites is 1. The number of nitrogens with one attached hydrogen (secondary N) is 1. The molecule has 0 fully saturated rings. The number of aryl methyl sites for hydroxylation is 1. The van der Waals surface area contributed by atoms with E-state index >= 15 is 0 Å². The minimum atomic E-state index is -0.00894. The molecule has 0 amide bonds. The van der Waals surface area contributed by atoms with E-state index in [1.54, 1.807) is 6.20 Å². The zero-order valence-electron chi connectivity index (χ0n) is 9.32. The maximum Gasteiger partial charge on any atom is 0.274 e. The maximum absolute atomic E-state index is 12.1. The van der Waals surface area contributed by atoms with Gasteiger partial charge in [-0.2, -0.15) is 0 Å². The van der Waals surface area contributed by atoms with Crippen molar-refractivity contribution in [2.24, 2.45) is 5.73 Å². The van der Waals surface area contributed by atoms with Crippen LogP contribution in [0.3, 0.4) is 0 Å².